The van der Waals surface area contributed by atoms with E-state index in [9.17, 15) is 0 Å². The van der Waals surface area contributed by atoms with Gasteiger partial charge in [0.15, 0.2) is 0 Å². The van der Waals surface area contributed by atoms with Crippen LogP contribution in [-0.2, 0) is 21.1 Å². The van der Waals surface area contributed by atoms with Gasteiger partial charge in [-0.3, -0.25) is 6.08 Å². The van der Waals surface area contributed by atoms with Crippen molar-refractivity contribution >= 4 is 0 Å². The minimum Gasteiger partial charge on any atom is -0.346 e. The molecular formula is C8H11N2O2W-3. The SMILES string of the molecule is O=N[CH-]N=O.[C-]1=CC=CC1.[CH2-]C.[W]. The van der Waals surface area contributed by atoms with Gasteiger partial charge in [-0.1, -0.05) is 6.67 Å². The average Bonchev–Trinajstić information content (AvgIpc) is 2.67. The van der Waals surface area contributed by atoms with Gasteiger partial charge in [-0.05, 0) is 0 Å². The standard InChI is InChI=1S/C5H5.C2H5.CHN2O2.W/c1-2-4-5-3-1;1-2;4-2-1-3-5;/h1-3H,4H2;1H2,2H3;1H;/q3*-1;. The van der Waals surface area contributed by atoms with Crippen molar-refractivity contribution in [3.05, 3.63) is 47.7 Å². The molecule has 0 spiro atoms. The van der Waals surface area contributed by atoms with Gasteiger partial charge in [-0.2, -0.15) is 22.8 Å². The van der Waals surface area contributed by atoms with Crippen LogP contribution in [0, 0.1) is 29.5 Å². The Morgan fingerprint density at radius 3 is 2.00 bits per heavy atom. The molecule has 0 fully saturated rings. The van der Waals surface area contributed by atoms with Gasteiger partial charge in [0.25, 0.3) is 0 Å². The quantitative estimate of drug-likeness (QED) is 0.568. The summed E-state index contributed by atoms with van der Waals surface area (Å²) in [5, 5.41) is 4.00. The molecule has 0 atom stereocenters. The monoisotopic (exact) mass is 351 g/mol. The molecule has 4 nitrogen and oxygen atoms in total. The van der Waals surface area contributed by atoms with Crippen LogP contribution < -0.4 is 0 Å². The summed E-state index contributed by atoms with van der Waals surface area (Å²) in [6, 6.07) is 0. The van der Waals surface area contributed by atoms with Crippen LogP contribution in [0.15, 0.2) is 28.6 Å². The second-order valence-electron chi connectivity index (χ2n) is 1.33. The van der Waals surface area contributed by atoms with Crippen LogP contribution in [-0.4, -0.2) is 0 Å². The predicted molar refractivity (Wildman–Crippen MR) is 48.5 cm³/mol. The first-order chi connectivity index (χ1) is 5.91. The molecule has 0 saturated carbocycles. The molecule has 1 aliphatic carbocycles. The molecule has 1 rings (SSSR count). The largest absolute Gasteiger partial charge is 0.346 e. The van der Waals surface area contributed by atoms with Gasteiger partial charge in [-0.15, -0.1) is 6.42 Å². The number of nitrogens with zero attached hydrogens (tertiary/aromatic N) is 2. The number of nitroso groups, excluding NO2 is 2. The first kappa shape index (κ1) is 18.1. The third-order valence-corrected chi connectivity index (χ3v) is 0.680. The molecule has 0 aliphatic heterocycles. The molecule has 0 radical (unpaired) electrons. The zero-order valence-electron chi connectivity index (χ0n) is 7.34. The summed E-state index contributed by atoms with van der Waals surface area (Å²) in [6.45, 7) is 5.39. The predicted octanol–water partition coefficient (Wildman–Crippen LogP) is 2.78. The topological polar surface area (TPSA) is 58.9 Å². The third-order valence-electron chi connectivity index (χ3n) is 0.680. The average molecular weight is 351 g/mol. The van der Waals surface area contributed by atoms with E-state index in [1.54, 1.807) is 6.92 Å². The van der Waals surface area contributed by atoms with Crippen LogP contribution in [0.1, 0.15) is 13.3 Å². The summed E-state index contributed by atoms with van der Waals surface area (Å²) < 4.78 is 0. The second-order valence-corrected chi connectivity index (χ2v) is 1.33. The van der Waals surface area contributed by atoms with E-state index in [0.29, 0.717) is 6.67 Å². The second kappa shape index (κ2) is 22.5. The van der Waals surface area contributed by atoms with Gasteiger partial charge < -0.3 is 6.92 Å². The van der Waals surface area contributed by atoms with Gasteiger partial charge >= 0.3 is 0 Å². The molecule has 0 bridgehead atoms. The van der Waals surface area contributed by atoms with Crippen LogP contribution in [0.3, 0.4) is 0 Å². The van der Waals surface area contributed by atoms with E-state index >= 15 is 0 Å². The Labute approximate surface area is 92.7 Å². The Balaban J connectivity index is -0.000000122. The van der Waals surface area contributed by atoms with Gasteiger partial charge in [-0.25, -0.2) is 22.5 Å². The Morgan fingerprint density at radius 1 is 1.38 bits per heavy atom. The summed E-state index contributed by atoms with van der Waals surface area (Å²) in [4.78, 5) is 17.6. The van der Waals surface area contributed by atoms with E-state index in [-0.39, 0.29) is 21.1 Å². The molecule has 1 aliphatic rings. The van der Waals surface area contributed by atoms with Crippen molar-refractivity contribution in [2.75, 3.05) is 0 Å². The molecule has 0 N–H and O–H groups in total. The Bertz CT molecular complexity index is 142. The fourth-order valence-corrected chi connectivity index (χ4v) is 0.359. The number of allylic oxidation sites excluding steroid dienone is 4. The van der Waals surface area contributed by atoms with Crippen molar-refractivity contribution in [2.24, 2.45) is 10.4 Å². The van der Waals surface area contributed by atoms with Crippen molar-refractivity contribution in [1.29, 1.82) is 0 Å². The normalized spacial score (nSPS) is 9.38. The molecule has 13 heavy (non-hydrogen) atoms. The van der Waals surface area contributed by atoms with Crippen molar-refractivity contribution < 1.29 is 21.1 Å². The van der Waals surface area contributed by atoms with Crippen LogP contribution in [0.5, 0.6) is 0 Å². The van der Waals surface area contributed by atoms with Crippen molar-refractivity contribution in [3.8, 4) is 0 Å². The van der Waals surface area contributed by atoms with E-state index in [4.69, 9.17) is 9.81 Å². The fraction of sp³-hybridized carbons (Fsp3) is 0.250. The Hall–Kier alpha value is -0.762. The molecule has 0 amide bonds. The third kappa shape index (κ3) is 24.6. The molecule has 0 aromatic rings. The van der Waals surface area contributed by atoms with E-state index in [1.807, 2.05) is 22.5 Å². The summed E-state index contributed by atoms with van der Waals surface area (Å²) >= 11 is 0. The molecule has 5 heteroatoms. The summed E-state index contributed by atoms with van der Waals surface area (Å²) in [5.41, 5.74) is 0. The summed E-state index contributed by atoms with van der Waals surface area (Å²) in [7, 11) is 0. The van der Waals surface area contributed by atoms with Gasteiger partial charge in [0.1, 0.15) is 0 Å². The maximum absolute atomic E-state index is 8.81. The summed E-state index contributed by atoms with van der Waals surface area (Å²) in [6.07, 6.45) is 10.0. The zero-order valence-corrected chi connectivity index (χ0v) is 10.3. The minimum atomic E-state index is 0. The first-order valence-electron chi connectivity index (χ1n) is 3.31. The number of rotatable bonds is 2. The van der Waals surface area contributed by atoms with E-state index in [1.165, 1.54) is 0 Å². The maximum Gasteiger partial charge on any atom is 0 e. The fourth-order valence-electron chi connectivity index (χ4n) is 0.359. The number of hydrogen-bond acceptors (Lipinski definition) is 4. The van der Waals surface area contributed by atoms with Gasteiger partial charge in [0.2, 0.25) is 0 Å². The van der Waals surface area contributed by atoms with Gasteiger partial charge in [0, 0.05) is 21.1 Å². The molecule has 0 heterocycles. The zero-order chi connectivity index (χ0) is 9.66. The molecule has 0 unspecified atom stereocenters. The van der Waals surface area contributed by atoms with Crippen molar-refractivity contribution in [3.63, 3.8) is 0 Å². The Morgan fingerprint density at radius 2 is 1.92 bits per heavy atom. The molecule has 0 aromatic carbocycles. The van der Waals surface area contributed by atoms with Crippen LogP contribution >= 0.6 is 0 Å². The molecular weight excluding hydrogens is 340 g/mol. The minimum absolute atomic E-state index is 0. The first-order valence-corrected chi connectivity index (χ1v) is 3.31. The smallest absolute Gasteiger partial charge is 0 e. The van der Waals surface area contributed by atoms with E-state index in [2.05, 4.69) is 19.1 Å². The molecule has 0 saturated heterocycles. The Kier molecular flexibility index (Phi) is 31.3. The van der Waals surface area contributed by atoms with Crippen molar-refractivity contribution in [2.45, 2.75) is 13.3 Å². The van der Waals surface area contributed by atoms with E-state index in [0.717, 1.165) is 6.42 Å². The van der Waals surface area contributed by atoms with Crippen LogP contribution in [0.2, 0.25) is 0 Å². The van der Waals surface area contributed by atoms with E-state index < -0.39 is 0 Å². The van der Waals surface area contributed by atoms with Crippen LogP contribution in [0.4, 0.5) is 0 Å². The molecule has 74 valence electrons. The molecule has 0 aromatic heterocycles. The van der Waals surface area contributed by atoms with Gasteiger partial charge in [0.05, 0.1) is 0 Å². The van der Waals surface area contributed by atoms with Crippen LogP contribution in [0.25, 0.3) is 0 Å². The maximum atomic E-state index is 8.81. The number of hydrogen-bond donors (Lipinski definition) is 0. The summed E-state index contributed by atoms with van der Waals surface area (Å²) in [5.74, 6) is 0. The van der Waals surface area contributed by atoms with Crippen molar-refractivity contribution in [1.82, 2.24) is 0 Å².